The van der Waals surface area contributed by atoms with Crippen molar-refractivity contribution in [3.05, 3.63) is 53.2 Å². The average molecular weight is 312 g/mol. The van der Waals surface area contributed by atoms with E-state index in [-0.39, 0.29) is 11.5 Å². The smallest absolute Gasteiger partial charge is 0.389 e. The number of thiocarbonyl (C=S) groups is 1. The number of alkyl halides is 3. The summed E-state index contributed by atoms with van der Waals surface area (Å²) in [6.45, 7) is 0.284. The monoisotopic (exact) mass is 312 g/mol. The molecule has 1 aromatic heterocycles. The normalized spacial score (nSPS) is 11.2. The fourth-order valence-electron chi connectivity index (χ4n) is 1.66. The molecular weight excluding hydrogens is 301 g/mol. The third-order valence-electron chi connectivity index (χ3n) is 2.73. The van der Waals surface area contributed by atoms with E-state index >= 15 is 0 Å². The van der Waals surface area contributed by atoms with Crippen LogP contribution in [0.4, 0.5) is 19.0 Å². The molecule has 3 N–H and O–H groups in total. The number of nitrogens with zero attached hydrogens (tertiary/aromatic N) is 2. The lowest BCUT2D eigenvalue weighted by Crippen LogP contribution is -2.15. The summed E-state index contributed by atoms with van der Waals surface area (Å²) in [5.41, 5.74) is 6.07. The van der Waals surface area contributed by atoms with Gasteiger partial charge >= 0.3 is 6.18 Å². The maximum Gasteiger partial charge on any atom is 0.416 e. The quantitative estimate of drug-likeness (QED) is 0.850. The van der Waals surface area contributed by atoms with E-state index in [0.717, 1.165) is 12.1 Å². The summed E-state index contributed by atoms with van der Waals surface area (Å²) >= 11 is 4.88. The number of anilines is 1. The second-order valence-electron chi connectivity index (χ2n) is 4.21. The van der Waals surface area contributed by atoms with E-state index in [0.29, 0.717) is 16.9 Å². The number of nitrogens with two attached hydrogens (primary N) is 1. The predicted molar refractivity (Wildman–Crippen MR) is 76.7 cm³/mol. The van der Waals surface area contributed by atoms with Crippen molar-refractivity contribution in [1.82, 2.24) is 10.2 Å². The number of aromatic nitrogens is 2. The number of nitrogens with one attached hydrogen (secondary N) is 1. The van der Waals surface area contributed by atoms with Crippen LogP contribution in [-0.2, 0) is 12.7 Å². The van der Waals surface area contributed by atoms with Crippen LogP contribution in [0.5, 0.6) is 0 Å². The van der Waals surface area contributed by atoms with Crippen molar-refractivity contribution in [3.8, 4) is 0 Å². The first-order valence-corrected chi connectivity index (χ1v) is 6.30. The van der Waals surface area contributed by atoms with Crippen LogP contribution in [0.25, 0.3) is 0 Å². The van der Waals surface area contributed by atoms with Gasteiger partial charge in [-0.25, -0.2) is 0 Å². The van der Waals surface area contributed by atoms with Gasteiger partial charge in [0.2, 0.25) is 0 Å². The molecule has 0 spiro atoms. The van der Waals surface area contributed by atoms with Gasteiger partial charge in [-0.15, -0.1) is 5.10 Å². The molecule has 4 nitrogen and oxygen atoms in total. The first kappa shape index (κ1) is 15.2. The van der Waals surface area contributed by atoms with Crippen molar-refractivity contribution in [2.24, 2.45) is 5.73 Å². The van der Waals surface area contributed by atoms with Crippen LogP contribution in [0.1, 0.15) is 16.7 Å². The van der Waals surface area contributed by atoms with E-state index in [2.05, 4.69) is 15.5 Å². The van der Waals surface area contributed by atoms with E-state index < -0.39 is 11.7 Å². The first-order chi connectivity index (χ1) is 9.88. The molecule has 0 amide bonds. The Morgan fingerprint density at radius 3 is 2.43 bits per heavy atom. The second kappa shape index (κ2) is 6.04. The predicted octanol–water partition coefficient (Wildman–Crippen LogP) is 2.74. The molecule has 1 aromatic carbocycles. The highest BCUT2D eigenvalue weighted by atomic mass is 32.1. The van der Waals surface area contributed by atoms with Crippen LogP contribution in [0.3, 0.4) is 0 Å². The summed E-state index contributed by atoms with van der Waals surface area (Å²) < 4.78 is 37.4. The Labute approximate surface area is 124 Å². The number of hydrogen-bond donors (Lipinski definition) is 2. The van der Waals surface area contributed by atoms with Crippen LogP contribution in [0, 0.1) is 0 Å². The summed E-state index contributed by atoms with van der Waals surface area (Å²) in [4.78, 5) is 0.166. The molecule has 0 aliphatic heterocycles. The van der Waals surface area contributed by atoms with Gasteiger partial charge in [-0.2, -0.15) is 18.3 Å². The highest BCUT2D eigenvalue weighted by Gasteiger charge is 2.29. The summed E-state index contributed by atoms with van der Waals surface area (Å²) in [7, 11) is 0. The average Bonchev–Trinajstić information content (AvgIpc) is 2.45. The molecule has 2 aromatic rings. The lowest BCUT2D eigenvalue weighted by Gasteiger charge is -2.10. The van der Waals surface area contributed by atoms with Gasteiger partial charge in [0.15, 0.2) is 5.82 Å². The minimum Gasteiger partial charge on any atom is -0.389 e. The van der Waals surface area contributed by atoms with Crippen LogP contribution in [0.2, 0.25) is 0 Å². The molecule has 0 unspecified atom stereocenters. The van der Waals surface area contributed by atoms with E-state index in [1.807, 2.05) is 0 Å². The molecule has 110 valence electrons. The van der Waals surface area contributed by atoms with Crippen molar-refractivity contribution in [2.75, 3.05) is 5.32 Å². The van der Waals surface area contributed by atoms with E-state index in [1.165, 1.54) is 18.3 Å². The molecule has 8 heteroatoms. The van der Waals surface area contributed by atoms with Gasteiger partial charge in [-0.05, 0) is 23.8 Å². The zero-order valence-electron chi connectivity index (χ0n) is 10.7. The highest BCUT2D eigenvalue weighted by molar-refractivity contribution is 7.80. The van der Waals surface area contributed by atoms with Gasteiger partial charge in [0.1, 0.15) is 4.99 Å². The Hall–Kier alpha value is -2.22. The Morgan fingerprint density at radius 2 is 1.86 bits per heavy atom. The zero-order valence-corrected chi connectivity index (χ0v) is 11.5. The minimum atomic E-state index is -4.34. The fraction of sp³-hybridized carbons (Fsp3) is 0.154. The van der Waals surface area contributed by atoms with Gasteiger partial charge in [0, 0.05) is 6.54 Å². The highest BCUT2D eigenvalue weighted by Crippen LogP contribution is 2.29. The summed E-state index contributed by atoms with van der Waals surface area (Å²) in [6, 6.07) is 6.47. The molecule has 1 heterocycles. The molecule has 0 bridgehead atoms. The Kier molecular flexibility index (Phi) is 4.37. The van der Waals surface area contributed by atoms with Gasteiger partial charge in [-0.3, -0.25) is 0 Å². The molecule has 0 aliphatic carbocycles. The molecule has 2 rings (SSSR count). The van der Waals surface area contributed by atoms with Crippen LogP contribution < -0.4 is 11.1 Å². The number of benzene rings is 1. The number of halogens is 3. The summed E-state index contributed by atoms with van der Waals surface area (Å²) in [6.07, 6.45) is -2.88. The summed E-state index contributed by atoms with van der Waals surface area (Å²) in [5, 5.41) is 10.5. The summed E-state index contributed by atoms with van der Waals surface area (Å²) in [5.74, 6) is 0.393. The maximum atomic E-state index is 12.5. The third kappa shape index (κ3) is 3.88. The Bertz CT molecular complexity index is 641. The van der Waals surface area contributed by atoms with E-state index in [9.17, 15) is 13.2 Å². The number of rotatable bonds is 4. The zero-order chi connectivity index (χ0) is 15.5. The molecular formula is C13H11F3N4S. The van der Waals surface area contributed by atoms with Gasteiger partial charge < -0.3 is 11.1 Å². The van der Waals surface area contributed by atoms with Crippen molar-refractivity contribution in [1.29, 1.82) is 0 Å². The van der Waals surface area contributed by atoms with Crippen molar-refractivity contribution in [2.45, 2.75) is 12.7 Å². The molecule has 21 heavy (non-hydrogen) atoms. The Balaban J connectivity index is 2.09. The van der Waals surface area contributed by atoms with Crippen LogP contribution in [0.15, 0.2) is 36.5 Å². The third-order valence-corrected chi connectivity index (χ3v) is 2.95. The van der Waals surface area contributed by atoms with Gasteiger partial charge in [0.05, 0.1) is 17.3 Å². The van der Waals surface area contributed by atoms with E-state index in [4.69, 9.17) is 18.0 Å². The largest absolute Gasteiger partial charge is 0.416 e. The van der Waals surface area contributed by atoms with Crippen molar-refractivity contribution in [3.63, 3.8) is 0 Å². The molecule has 0 saturated heterocycles. The molecule has 0 aliphatic rings. The lowest BCUT2D eigenvalue weighted by molar-refractivity contribution is -0.137. The topological polar surface area (TPSA) is 63.8 Å². The fourth-order valence-corrected chi connectivity index (χ4v) is 1.82. The first-order valence-electron chi connectivity index (χ1n) is 5.89. The van der Waals surface area contributed by atoms with Crippen LogP contribution in [-0.4, -0.2) is 15.2 Å². The van der Waals surface area contributed by atoms with Crippen LogP contribution >= 0.6 is 12.2 Å². The standard InChI is InChI=1S/C13H11F3N4S/c14-13(15,16)9-3-1-8(2-4-9)7-18-12-10(11(17)21)5-6-19-20-12/h1-6H,7H2,(H2,17,21)(H,18,20). The maximum absolute atomic E-state index is 12.5. The lowest BCUT2D eigenvalue weighted by atomic mass is 10.1. The van der Waals surface area contributed by atoms with Crippen molar-refractivity contribution >= 4 is 23.0 Å². The van der Waals surface area contributed by atoms with E-state index in [1.54, 1.807) is 6.07 Å². The van der Waals surface area contributed by atoms with Gasteiger partial charge in [-0.1, -0.05) is 24.4 Å². The second-order valence-corrected chi connectivity index (χ2v) is 4.65. The minimum absolute atomic E-state index is 0.166. The molecule has 0 radical (unpaired) electrons. The molecule has 0 saturated carbocycles. The molecule has 0 fully saturated rings. The molecule has 0 atom stereocenters. The van der Waals surface area contributed by atoms with Gasteiger partial charge in [0.25, 0.3) is 0 Å². The number of hydrogen-bond acceptors (Lipinski definition) is 4. The Morgan fingerprint density at radius 1 is 1.19 bits per heavy atom. The SMILES string of the molecule is NC(=S)c1ccnnc1NCc1ccc(C(F)(F)F)cc1. The van der Waals surface area contributed by atoms with Crippen molar-refractivity contribution < 1.29 is 13.2 Å².